The summed E-state index contributed by atoms with van der Waals surface area (Å²) < 4.78 is 41.6. The number of rotatable bonds is 4. The Morgan fingerprint density at radius 3 is 2.43 bits per heavy atom. The molecule has 2 aromatic rings. The Kier molecular flexibility index (Phi) is 4.32. The van der Waals surface area contributed by atoms with Crippen LogP contribution in [0, 0.1) is 5.82 Å². The van der Waals surface area contributed by atoms with Crippen molar-refractivity contribution >= 4 is 17.3 Å². The molecule has 2 rings (SSSR count). The van der Waals surface area contributed by atoms with E-state index in [1.54, 1.807) is 0 Å². The van der Waals surface area contributed by atoms with Gasteiger partial charge < -0.3 is 15.8 Å². The number of hydrogen-bond acceptors (Lipinski definition) is 3. The molecule has 21 heavy (non-hydrogen) atoms. The van der Waals surface area contributed by atoms with E-state index in [1.165, 1.54) is 36.4 Å². The van der Waals surface area contributed by atoms with E-state index in [0.717, 1.165) is 6.07 Å². The van der Waals surface area contributed by atoms with Gasteiger partial charge in [0.25, 0.3) is 5.91 Å². The molecule has 0 aliphatic carbocycles. The first-order valence-electron chi connectivity index (χ1n) is 5.87. The van der Waals surface area contributed by atoms with Gasteiger partial charge in [-0.25, -0.2) is 4.39 Å². The maximum Gasteiger partial charge on any atom is 0.387 e. The molecule has 3 N–H and O–H groups in total. The Balaban J connectivity index is 2.11. The van der Waals surface area contributed by atoms with E-state index in [4.69, 9.17) is 5.73 Å². The highest BCUT2D eigenvalue weighted by molar-refractivity contribution is 6.04. The first kappa shape index (κ1) is 14.7. The fourth-order valence-electron chi connectivity index (χ4n) is 1.62. The van der Waals surface area contributed by atoms with Gasteiger partial charge in [-0.15, -0.1) is 0 Å². The lowest BCUT2D eigenvalue weighted by atomic mass is 10.2. The molecular formula is C14H11F3N2O2. The minimum atomic E-state index is -2.94. The van der Waals surface area contributed by atoms with Crippen LogP contribution in [-0.2, 0) is 0 Å². The number of hydrogen-bond donors (Lipinski definition) is 2. The van der Waals surface area contributed by atoms with E-state index in [-0.39, 0.29) is 17.0 Å². The van der Waals surface area contributed by atoms with Gasteiger partial charge in [-0.05, 0) is 42.5 Å². The van der Waals surface area contributed by atoms with Crippen LogP contribution in [0.1, 0.15) is 10.4 Å². The van der Waals surface area contributed by atoms with Crippen LogP contribution in [0.3, 0.4) is 0 Å². The quantitative estimate of drug-likeness (QED) is 0.851. The number of ether oxygens (including phenoxy) is 1. The van der Waals surface area contributed by atoms with Crippen molar-refractivity contribution in [3.8, 4) is 5.75 Å². The third kappa shape index (κ3) is 3.88. The van der Waals surface area contributed by atoms with Crippen molar-refractivity contribution in [2.45, 2.75) is 6.61 Å². The molecule has 0 aliphatic rings. The highest BCUT2D eigenvalue weighted by Crippen LogP contribution is 2.19. The van der Waals surface area contributed by atoms with Crippen LogP contribution in [0.5, 0.6) is 5.75 Å². The smallest absolute Gasteiger partial charge is 0.387 e. The standard InChI is InChI=1S/C14H11F3N2O2/c15-11-6-3-9(18)7-12(11)19-13(20)8-1-4-10(5-2-8)21-14(16)17/h1-7,14H,18H2,(H,19,20). The highest BCUT2D eigenvalue weighted by Gasteiger charge is 2.11. The van der Waals surface area contributed by atoms with Crippen molar-refractivity contribution in [1.29, 1.82) is 0 Å². The molecular weight excluding hydrogens is 285 g/mol. The Labute approximate surface area is 118 Å². The van der Waals surface area contributed by atoms with Crippen LogP contribution in [0.15, 0.2) is 42.5 Å². The van der Waals surface area contributed by atoms with Gasteiger partial charge in [0.2, 0.25) is 0 Å². The zero-order valence-corrected chi connectivity index (χ0v) is 10.6. The highest BCUT2D eigenvalue weighted by atomic mass is 19.3. The van der Waals surface area contributed by atoms with Crippen molar-refractivity contribution < 1.29 is 22.7 Å². The summed E-state index contributed by atoms with van der Waals surface area (Å²) in [5, 5.41) is 2.34. The lowest BCUT2D eigenvalue weighted by molar-refractivity contribution is -0.0498. The normalized spacial score (nSPS) is 10.5. The van der Waals surface area contributed by atoms with Crippen molar-refractivity contribution in [2.24, 2.45) is 0 Å². The number of nitrogens with two attached hydrogens (primary N) is 1. The van der Waals surface area contributed by atoms with E-state index in [2.05, 4.69) is 10.1 Å². The number of amides is 1. The number of nitrogens with one attached hydrogen (secondary N) is 1. The van der Waals surface area contributed by atoms with E-state index in [9.17, 15) is 18.0 Å². The molecule has 0 unspecified atom stereocenters. The topological polar surface area (TPSA) is 64.3 Å². The summed E-state index contributed by atoms with van der Waals surface area (Å²) >= 11 is 0. The number of benzene rings is 2. The molecule has 0 radical (unpaired) electrons. The molecule has 2 aromatic carbocycles. The average molecular weight is 296 g/mol. The van der Waals surface area contributed by atoms with Gasteiger partial charge in [0.05, 0.1) is 5.69 Å². The van der Waals surface area contributed by atoms with Crippen molar-refractivity contribution in [3.63, 3.8) is 0 Å². The Morgan fingerprint density at radius 2 is 1.81 bits per heavy atom. The molecule has 1 amide bonds. The molecule has 0 saturated heterocycles. The first-order valence-corrected chi connectivity index (χ1v) is 5.87. The number of alkyl halides is 2. The summed E-state index contributed by atoms with van der Waals surface area (Å²) in [6.07, 6.45) is 0. The lowest BCUT2D eigenvalue weighted by Crippen LogP contribution is -2.13. The second-order valence-corrected chi connectivity index (χ2v) is 4.10. The minimum absolute atomic E-state index is 0.0621. The van der Waals surface area contributed by atoms with Gasteiger partial charge in [-0.1, -0.05) is 0 Å². The SMILES string of the molecule is Nc1ccc(F)c(NC(=O)c2ccc(OC(F)F)cc2)c1. The largest absolute Gasteiger partial charge is 0.435 e. The molecule has 110 valence electrons. The zero-order valence-electron chi connectivity index (χ0n) is 10.6. The van der Waals surface area contributed by atoms with Gasteiger partial charge in [0, 0.05) is 11.3 Å². The number of carbonyl (C=O) groups is 1. The fraction of sp³-hybridized carbons (Fsp3) is 0.0714. The number of halogens is 3. The van der Waals surface area contributed by atoms with Gasteiger partial charge in [-0.3, -0.25) is 4.79 Å². The summed E-state index contributed by atoms with van der Waals surface area (Å²) in [4.78, 5) is 11.9. The Morgan fingerprint density at radius 1 is 1.14 bits per heavy atom. The van der Waals surface area contributed by atoms with E-state index < -0.39 is 18.3 Å². The summed E-state index contributed by atoms with van der Waals surface area (Å²) in [5.41, 5.74) is 5.90. The van der Waals surface area contributed by atoms with Gasteiger partial charge in [-0.2, -0.15) is 8.78 Å². The molecule has 0 heterocycles. The number of anilines is 2. The molecule has 4 nitrogen and oxygen atoms in total. The molecule has 0 aromatic heterocycles. The van der Waals surface area contributed by atoms with Gasteiger partial charge in [0.15, 0.2) is 0 Å². The lowest BCUT2D eigenvalue weighted by Gasteiger charge is -2.08. The Hall–Kier alpha value is -2.70. The maximum atomic E-state index is 13.5. The first-order chi connectivity index (χ1) is 9.95. The molecule has 0 bridgehead atoms. The molecule has 0 atom stereocenters. The van der Waals surface area contributed by atoms with Crippen molar-refractivity contribution in [2.75, 3.05) is 11.1 Å². The molecule has 0 spiro atoms. The van der Waals surface area contributed by atoms with Crippen LogP contribution >= 0.6 is 0 Å². The zero-order chi connectivity index (χ0) is 15.4. The maximum absolute atomic E-state index is 13.5. The van der Waals surface area contributed by atoms with Crippen molar-refractivity contribution in [3.05, 3.63) is 53.8 Å². The molecule has 0 aliphatic heterocycles. The minimum Gasteiger partial charge on any atom is -0.435 e. The summed E-state index contributed by atoms with van der Waals surface area (Å²) in [6, 6.07) is 8.79. The van der Waals surface area contributed by atoms with E-state index in [0.29, 0.717) is 5.69 Å². The predicted octanol–water partition coefficient (Wildman–Crippen LogP) is 3.26. The van der Waals surface area contributed by atoms with Crippen LogP contribution < -0.4 is 15.8 Å². The van der Waals surface area contributed by atoms with Crippen LogP contribution in [0.25, 0.3) is 0 Å². The van der Waals surface area contributed by atoms with Crippen LogP contribution in [0.4, 0.5) is 24.5 Å². The van der Waals surface area contributed by atoms with E-state index >= 15 is 0 Å². The predicted molar refractivity (Wildman–Crippen MR) is 71.8 cm³/mol. The van der Waals surface area contributed by atoms with Gasteiger partial charge >= 0.3 is 6.61 Å². The van der Waals surface area contributed by atoms with E-state index in [1.807, 2.05) is 0 Å². The summed E-state index contributed by atoms with van der Waals surface area (Å²) in [7, 11) is 0. The number of carbonyl (C=O) groups excluding carboxylic acids is 1. The fourth-order valence-corrected chi connectivity index (χ4v) is 1.62. The second kappa shape index (κ2) is 6.17. The second-order valence-electron chi connectivity index (χ2n) is 4.10. The van der Waals surface area contributed by atoms with Crippen molar-refractivity contribution in [1.82, 2.24) is 0 Å². The van der Waals surface area contributed by atoms with Gasteiger partial charge in [0.1, 0.15) is 11.6 Å². The average Bonchev–Trinajstić information content (AvgIpc) is 2.43. The molecule has 0 saturated carbocycles. The van der Waals surface area contributed by atoms with Crippen LogP contribution in [-0.4, -0.2) is 12.5 Å². The third-order valence-electron chi connectivity index (χ3n) is 2.58. The molecule has 7 heteroatoms. The Bertz CT molecular complexity index is 645. The monoisotopic (exact) mass is 296 g/mol. The summed E-state index contributed by atoms with van der Waals surface area (Å²) in [5.74, 6) is -1.30. The summed E-state index contributed by atoms with van der Waals surface area (Å²) in [6.45, 7) is -2.94. The van der Waals surface area contributed by atoms with Crippen LogP contribution in [0.2, 0.25) is 0 Å². The third-order valence-corrected chi connectivity index (χ3v) is 2.58. The molecule has 0 fully saturated rings. The number of nitrogen functional groups attached to an aromatic ring is 1.